The summed E-state index contributed by atoms with van der Waals surface area (Å²) in [7, 11) is -3.46. The molecule has 0 aromatic heterocycles. The molecule has 8 heteroatoms. The topological polar surface area (TPSA) is 70.9 Å². The second-order valence-electron chi connectivity index (χ2n) is 6.03. The van der Waals surface area contributed by atoms with E-state index in [1.54, 1.807) is 24.3 Å². The Bertz CT molecular complexity index is 656. The third-order valence-corrected chi connectivity index (χ3v) is 6.81. The SMILES string of the molecule is CCCNC(=O)[C@H](C)[NH+]1CCN(S(=O)(=O)c2ccc(Br)cc2)CC1. The summed E-state index contributed by atoms with van der Waals surface area (Å²) in [6, 6.07) is 6.52. The van der Waals surface area contributed by atoms with E-state index < -0.39 is 10.0 Å². The van der Waals surface area contributed by atoms with Crippen molar-refractivity contribution in [3.8, 4) is 0 Å². The molecule has 0 unspecified atom stereocenters. The van der Waals surface area contributed by atoms with Gasteiger partial charge in [-0.25, -0.2) is 8.42 Å². The van der Waals surface area contributed by atoms with Crippen LogP contribution in [0.15, 0.2) is 33.6 Å². The molecule has 1 aliphatic heterocycles. The molecule has 1 fully saturated rings. The predicted molar refractivity (Wildman–Crippen MR) is 96.4 cm³/mol. The highest BCUT2D eigenvalue weighted by molar-refractivity contribution is 9.10. The molecule has 2 rings (SSSR count). The van der Waals surface area contributed by atoms with E-state index in [4.69, 9.17) is 0 Å². The van der Waals surface area contributed by atoms with Gasteiger partial charge in [-0.05, 0) is 37.6 Å². The van der Waals surface area contributed by atoms with Crippen molar-refractivity contribution in [1.82, 2.24) is 9.62 Å². The number of quaternary nitrogens is 1. The standard InChI is InChI=1S/C16H24BrN3O3S/c1-3-8-18-16(21)13(2)19-9-11-20(12-10-19)24(22,23)15-6-4-14(17)5-7-15/h4-7,13H,3,8-12H2,1-2H3,(H,18,21)/p+1/t13-/m0/s1. The van der Waals surface area contributed by atoms with Crippen LogP contribution in [-0.2, 0) is 14.8 Å². The number of rotatable bonds is 6. The Balaban J connectivity index is 1.96. The Morgan fingerprint density at radius 3 is 2.42 bits per heavy atom. The molecule has 134 valence electrons. The number of nitrogens with zero attached hydrogens (tertiary/aromatic N) is 1. The second-order valence-corrected chi connectivity index (χ2v) is 8.88. The van der Waals surface area contributed by atoms with Gasteiger partial charge in [0.1, 0.15) is 0 Å². The molecular weight excluding hydrogens is 394 g/mol. The Morgan fingerprint density at radius 1 is 1.29 bits per heavy atom. The number of sulfonamides is 1. The number of amides is 1. The highest BCUT2D eigenvalue weighted by Crippen LogP contribution is 2.18. The molecule has 1 aliphatic rings. The van der Waals surface area contributed by atoms with Crippen molar-refractivity contribution in [2.45, 2.75) is 31.2 Å². The molecule has 0 spiro atoms. The minimum atomic E-state index is -3.46. The molecule has 1 saturated heterocycles. The van der Waals surface area contributed by atoms with Crippen molar-refractivity contribution in [3.05, 3.63) is 28.7 Å². The van der Waals surface area contributed by atoms with Crippen LogP contribution in [0.2, 0.25) is 0 Å². The van der Waals surface area contributed by atoms with Crippen molar-refractivity contribution in [2.24, 2.45) is 0 Å². The lowest BCUT2D eigenvalue weighted by Gasteiger charge is -2.34. The summed E-state index contributed by atoms with van der Waals surface area (Å²) in [6.45, 7) is 6.73. The third-order valence-electron chi connectivity index (χ3n) is 4.37. The van der Waals surface area contributed by atoms with Gasteiger partial charge in [0.2, 0.25) is 10.0 Å². The summed E-state index contributed by atoms with van der Waals surface area (Å²) < 4.78 is 27.7. The van der Waals surface area contributed by atoms with E-state index in [1.165, 1.54) is 4.31 Å². The van der Waals surface area contributed by atoms with Crippen LogP contribution in [0.3, 0.4) is 0 Å². The minimum absolute atomic E-state index is 0.0380. The minimum Gasteiger partial charge on any atom is -0.351 e. The van der Waals surface area contributed by atoms with E-state index >= 15 is 0 Å². The summed E-state index contributed by atoms with van der Waals surface area (Å²) in [5.74, 6) is 0.0380. The van der Waals surface area contributed by atoms with Gasteiger partial charge in [-0.2, -0.15) is 4.31 Å². The van der Waals surface area contributed by atoms with Gasteiger partial charge in [-0.3, -0.25) is 4.79 Å². The molecule has 2 N–H and O–H groups in total. The fourth-order valence-corrected chi connectivity index (χ4v) is 4.49. The van der Waals surface area contributed by atoms with Gasteiger partial charge in [-0.15, -0.1) is 0 Å². The van der Waals surface area contributed by atoms with E-state index in [9.17, 15) is 13.2 Å². The first kappa shape index (κ1) is 19.4. The Morgan fingerprint density at radius 2 is 1.88 bits per heavy atom. The first-order valence-corrected chi connectivity index (χ1v) is 10.5. The smallest absolute Gasteiger partial charge is 0.278 e. The Labute approximate surface area is 152 Å². The number of carbonyl (C=O) groups excluding carboxylic acids is 1. The number of halogens is 1. The third kappa shape index (κ3) is 4.56. The van der Waals surface area contributed by atoms with Gasteiger partial charge in [0.25, 0.3) is 5.91 Å². The van der Waals surface area contributed by atoms with Crippen LogP contribution >= 0.6 is 15.9 Å². The zero-order valence-electron chi connectivity index (χ0n) is 14.1. The predicted octanol–water partition coefficient (Wildman–Crippen LogP) is 0.253. The molecule has 1 atom stereocenters. The Hall–Kier alpha value is -0.960. The van der Waals surface area contributed by atoms with Crippen LogP contribution in [0.5, 0.6) is 0 Å². The number of hydrogen-bond acceptors (Lipinski definition) is 3. The van der Waals surface area contributed by atoms with E-state index in [0.29, 0.717) is 37.6 Å². The lowest BCUT2D eigenvalue weighted by atomic mass is 10.2. The second kappa shape index (κ2) is 8.42. The summed E-state index contributed by atoms with van der Waals surface area (Å²) in [5.41, 5.74) is 0. The summed E-state index contributed by atoms with van der Waals surface area (Å²) in [4.78, 5) is 13.5. The maximum Gasteiger partial charge on any atom is 0.278 e. The molecule has 1 heterocycles. The molecule has 0 saturated carbocycles. The van der Waals surface area contributed by atoms with Gasteiger partial charge in [0.05, 0.1) is 31.1 Å². The number of carbonyl (C=O) groups is 1. The van der Waals surface area contributed by atoms with E-state index in [-0.39, 0.29) is 11.9 Å². The largest absolute Gasteiger partial charge is 0.351 e. The first-order valence-electron chi connectivity index (χ1n) is 8.24. The maximum absolute atomic E-state index is 12.7. The first-order chi connectivity index (χ1) is 11.4. The fraction of sp³-hybridized carbons (Fsp3) is 0.562. The van der Waals surface area contributed by atoms with Crippen molar-refractivity contribution >= 4 is 31.9 Å². The number of piperazine rings is 1. The molecule has 1 aromatic carbocycles. The zero-order chi connectivity index (χ0) is 17.7. The van der Waals surface area contributed by atoms with Crippen LogP contribution in [0.1, 0.15) is 20.3 Å². The fourth-order valence-electron chi connectivity index (χ4n) is 2.79. The highest BCUT2D eigenvalue weighted by Gasteiger charge is 2.34. The van der Waals surface area contributed by atoms with Crippen molar-refractivity contribution in [2.75, 3.05) is 32.7 Å². The van der Waals surface area contributed by atoms with Gasteiger partial charge in [0, 0.05) is 11.0 Å². The molecule has 0 radical (unpaired) electrons. The monoisotopic (exact) mass is 418 g/mol. The average molecular weight is 419 g/mol. The van der Waals surface area contributed by atoms with E-state index in [1.807, 2.05) is 13.8 Å². The normalized spacial score (nSPS) is 18.3. The lowest BCUT2D eigenvalue weighted by Crippen LogP contribution is -3.19. The molecule has 1 aromatic rings. The van der Waals surface area contributed by atoms with E-state index in [2.05, 4.69) is 21.2 Å². The summed E-state index contributed by atoms with van der Waals surface area (Å²) >= 11 is 3.31. The molecule has 6 nitrogen and oxygen atoms in total. The molecular formula is C16H25BrN3O3S+. The van der Waals surface area contributed by atoms with Crippen molar-refractivity contribution in [3.63, 3.8) is 0 Å². The number of hydrogen-bond donors (Lipinski definition) is 2. The van der Waals surface area contributed by atoms with Gasteiger partial charge in [-0.1, -0.05) is 22.9 Å². The quantitative estimate of drug-likeness (QED) is 0.695. The molecule has 0 aliphatic carbocycles. The van der Waals surface area contributed by atoms with Crippen molar-refractivity contribution in [1.29, 1.82) is 0 Å². The molecule has 24 heavy (non-hydrogen) atoms. The van der Waals surface area contributed by atoms with Crippen LogP contribution in [-0.4, -0.2) is 57.4 Å². The van der Waals surface area contributed by atoms with Crippen LogP contribution in [0, 0.1) is 0 Å². The zero-order valence-corrected chi connectivity index (χ0v) is 16.5. The van der Waals surface area contributed by atoms with Crippen molar-refractivity contribution < 1.29 is 18.1 Å². The number of nitrogens with one attached hydrogen (secondary N) is 2. The van der Waals surface area contributed by atoms with Crippen LogP contribution in [0.25, 0.3) is 0 Å². The average Bonchev–Trinajstić information content (AvgIpc) is 2.59. The van der Waals surface area contributed by atoms with Crippen LogP contribution < -0.4 is 10.2 Å². The molecule has 0 bridgehead atoms. The summed E-state index contributed by atoms with van der Waals surface area (Å²) in [5, 5.41) is 2.91. The maximum atomic E-state index is 12.7. The van der Waals surface area contributed by atoms with Crippen LogP contribution in [0.4, 0.5) is 0 Å². The van der Waals surface area contributed by atoms with Gasteiger partial charge in [0.15, 0.2) is 6.04 Å². The van der Waals surface area contributed by atoms with Gasteiger partial charge >= 0.3 is 0 Å². The highest BCUT2D eigenvalue weighted by atomic mass is 79.9. The van der Waals surface area contributed by atoms with E-state index in [0.717, 1.165) is 15.8 Å². The Kier molecular flexibility index (Phi) is 6.79. The summed E-state index contributed by atoms with van der Waals surface area (Å²) in [6.07, 6.45) is 0.910. The van der Waals surface area contributed by atoms with Gasteiger partial charge < -0.3 is 10.2 Å². The molecule has 1 amide bonds. The number of benzene rings is 1. The lowest BCUT2D eigenvalue weighted by molar-refractivity contribution is -0.917.